The SMILES string of the molecule is COc1cc(Br)cc(-n2c(N)nc3cnccc32)c1. The quantitative estimate of drug-likeness (QED) is 0.789. The largest absolute Gasteiger partial charge is 0.497 e. The zero-order chi connectivity index (χ0) is 13.4. The normalized spacial score (nSPS) is 10.8. The Kier molecular flexibility index (Phi) is 2.87. The van der Waals surface area contributed by atoms with Crippen LogP contribution >= 0.6 is 15.9 Å². The summed E-state index contributed by atoms with van der Waals surface area (Å²) in [4.78, 5) is 8.34. The van der Waals surface area contributed by atoms with Crippen molar-refractivity contribution in [2.75, 3.05) is 12.8 Å². The van der Waals surface area contributed by atoms with E-state index in [1.165, 1.54) is 0 Å². The summed E-state index contributed by atoms with van der Waals surface area (Å²) in [5.41, 5.74) is 8.55. The molecule has 0 aliphatic heterocycles. The molecule has 0 saturated carbocycles. The zero-order valence-electron chi connectivity index (χ0n) is 10.2. The number of nitrogens with zero attached hydrogens (tertiary/aromatic N) is 3. The van der Waals surface area contributed by atoms with Gasteiger partial charge in [0.05, 0.1) is 24.5 Å². The first-order valence-electron chi connectivity index (χ1n) is 5.62. The van der Waals surface area contributed by atoms with Gasteiger partial charge < -0.3 is 10.5 Å². The molecule has 0 atom stereocenters. The average Bonchev–Trinajstić information content (AvgIpc) is 2.73. The van der Waals surface area contributed by atoms with E-state index in [1.807, 2.05) is 28.8 Å². The third-order valence-electron chi connectivity index (χ3n) is 2.83. The second kappa shape index (κ2) is 4.55. The molecule has 3 aromatic rings. The highest BCUT2D eigenvalue weighted by Crippen LogP contribution is 2.28. The molecule has 19 heavy (non-hydrogen) atoms. The second-order valence-electron chi connectivity index (χ2n) is 4.02. The molecule has 0 aliphatic rings. The van der Waals surface area contributed by atoms with Gasteiger partial charge in [-0.2, -0.15) is 0 Å². The minimum atomic E-state index is 0.420. The molecule has 3 rings (SSSR count). The number of pyridine rings is 1. The maximum atomic E-state index is 5.99. The van der Waals surface area contributed by atoms with E-state index in [-0.39, 0.29) is 0 Å². The van der Waals surface area contributed by atoms with E-state index in [9.17, 15) is 0 Å². The van der Waals surface area contributed by atoms with E-state index < -0.39 is 0 Å². The smallest absolute Gasteiger partial charge is 0.205 e. The van der Waals surface area contributed by atoms with Gasteiger partial charge in [-0.3, -0.25) is 9.55 Å². The molecule has 6 heteroatoms. The fourth-order valence-corrected chi connectivity index (χ4v) is 2.48. The monoisotopic (exact) mass is 318 g/mol. The van der Waals surface area contributed by atoms with E-state index in [0.717, 1.165) is 26.9 Å². The van der Waals surface area contributed by atoms with Crippen molar-refractivity contribution in [3.8, 4) is 11.4 Å². The van der Waals surface area contributed by atoms with E-state index >= 15 is 0 Å². The number of benzene rings is 1. The van der Waals surface area contributed by atoms with Gasteiger partial charge in [-0.05, 0) is 18.2 Å². The lowest BCUT2D eigenvalue weighted by Crippen LogP contribution is -2.01. The third kappa shape index (κ3) is 2.04. The molecule has 0 unspecified atom stereocenters. The van der Waals surface area contributed by atoms with Crippen LogP contribution in [0.1, 0.15) is 0 Å². The Labute approximate surface area is 118 Å². The Balaban J connectivity index is 2.29. The van der Waals surface area contributed by atoms with Crippen LogP contribution in [0.2, 0.25) is 0 Å². The van der Waals surface area contributed by atoms with E-state index in [4.69, 9.17) is 10.5 Å². The highest BCUT2D eigenvalue weighted by Gasteiger charge is 2.11. The number of ether oxygens (including phenoxy) is 1. The molecular weight excluding hydrogens is 308 g/mol. The molecule has 0 bridgehead atoms. The number of imidazole rings is 1. The standard InChI is InChI=1S/C13H11BrN4O/c1-19-10-5-8(14)4-9(6-10)18-12-2-3-16-7-11(12)17-13(18)15/h2-7H,1H3,(H2,15,17). The number of halogens is 1. The molecule has 96 valence electrons. The summed E-state index contributed by atoms with van der Waals surface area (Å²) in [7, 11) is 1.63. The Morgan fingerprint density at radius 2 is 2.16 bits per heavy atom. The highest BCUT2D eigenvalue weighted by atomic mass is 79.9. The summed E-state index contributed by atoms with van der Waals surface area (Å²) in [6.45, 7) is 0. The van der Waals surface area contributed by atoms with Crippen LogP contribution in [0.4, 0.5) is 5.95 Å². The minimum absolute atomic E-state index is 0.420. The van der Waals surface area contributed by atoms with Crippen LogP contribution in [0.5, 0.6) is 5.75 Å². The lowest BCUT2D eigenvalue weighted by Gasteiger charge is -2.09. The minimum Gasteiger partial charge on any atom is -0.497 e. The van der Waals surface area contributed by atoms with Crippen molar-refractivity contribution in [3.63, 3.8) is 0 Å². The highest BCUT2D eigenvalue weighted by molar-refractivity contribution is 9.10. The van der Waals surface area contributed by atoms with Crippen LogP contribution in [-0.2, 0) is 0 Å². The van der Waals surface area contributed by atoms with Crippen molar-refractivity contribution in [1.29, 1.82) is 0 Å². The average molecular weight is 319 g/mol. The molecule has 2 heterocycles. The van der Waals surface area contributed by atoms with E-state index in [2.05, 4.69) is 25.9 Å². The molecule has 0 amide bonds. The van der Waals surface area contributed by atoms with Gasteiger partial charge in [-0.1, -0.05) is 15.9 Å². The van der Waals surface area contributed by atoms with Crippen molar-refractivity contribution >= 4 is 32.9 Å². The first kappa shape index (κ1) is 12.0. The summed E-state index contributed by atoms with van der Waals surface area (Å²) in [6.07, 6.45) is 3.41. The predicted octanol–water partition coefficient (Wildman–Crippen LogP) is 2.77. The summed E-state index contributed by atoms with van der Waals surface area (Å²) in [6, 6.07) is 7.63. The number of nitrogens with two attached hydrogens (primary N) is 1. The molecule has 2 aromatic heterocycles. The number of anilines is 1. The summed E-state index contributed by atoms with van der Waals surface area (Å²) < 4.78 is 8.05. The predicted molar refractivity (Wildman–Crippen MR) is 77.5 cm³/mol. The Morgan fingerprint density at radius 1 is 1.32 bits per heavy atom. The van der Waals surface area contributed by atoms with Crippen LogP contribution in [0, 0.1) is 0 Å². The molecule has 0 saturated heterocycles. The first-order valence-corrected chi connectivity index (χ1v) is 6.41. The van der Waals surface area contributed by atoms with Crippen LogP contribution in [-0.4, -0.2) is 21.6 Å². The third-order valence-corrected chi connectivity index (χ3v) is 3.29. The number of fused-ring (bicyclic) bond motifs is 1. The maximum absolute atomic E-state index is 5.99. The zero-order valence-corrected chi connectivity index (χ0v) is 11.8. The molecular formula is C13H11BrN4O. The van der Waals surface area contributed by atoms with Crippen LogP contribution in [0.25, 0.3) is 16.7 Å². The van der Waals surface area contributed by atoms with Crippen molar-refractivity contribution in [2.45, 2.75) is 0 Å². The van der Waals surface area contributed by atoms with E-state index in [1.54, 1.807) is 19.5 Å². The summed E-state index contributed by atoms with van der Waals surface area (Å²) >= 11 is 3.46. The van der Waals surface area contributed by atoms with Gasteiger partial charge in [-0.15, -0.1) is 0 Å². The van der Waals surface area contributed by atoms with Gasteiger partial charge in [0, 0.05) is 16.7 Å². The van der Waals surface area contributed by atoms with Crippen molar-refractivity contribution in [2.24, 2.45) is 0 Å². The molecule has 1 aromatic carbocycles. The van der Waals surface area contributed by atoms with Crippen LogP contribution in [0.3, 0.4) is 0 Å². The topological polar surface area (TPSA) is 66.0 Å². The van der Waals surface area contributed by atoms with Gasteiger partial charge in [0.1, 0.15) is 11.3 Å². The van der Waals surface area contributed by atoms with Crippen molar-refractivity contribution < 1.29 is 4.74 Å². The number of aromatic nitrogens is 3. The van der Waals surface area contributed by atoms with E-state index in [0.29, 0.717) is 5.95 Å². The maximum Gasteiger partial charge on any atom is 0.205 e. The van der Waals surface area contributed by atoms with Gasteiger partial charge >= 0.3 is 0 Å². The molecule has 0 radical (unpaired) electrons. The second-order valence-corrected chi connectivity index (χ2v) is 4.93. The van der Waals surface area contributed by atoms with Gasteiger partial charge in [0.15, 0.2) is 0 Å². The number of methoxy groups -OCH3 is 1. The van der Waals surface area contributed by atoms with Crippen LogP contribution in [0.15, 0.2) is 41.1 Å². The Bertz CT molecular complexity index is 753. The number of hydrogen-bond donors (Lipinski definition) is 1. The lowest BCUT2D eigenvalue weighted by molar-refractivity contribution is 0.414. The Hall–Kier alpha value is -2.08. The molecule has 2 N–H and O–H groups in total. The first-order chi connectivity index (χ1) is 9.19. The van der Waals surface area contributed by atoms with Crippen LogP contribution < -0.4 is 10.5 Å². The molecule has 0 aliphatic carbocycles. The molecule has 5 nitrogen and oxygen atoms in total. The fourth-order valence-electron chi connectivity index (χ4n) is 2.02. The lowest BCUT2D eigenvalue weighted by atomic mass is 10.3. The van der Waals surface area contributed by atoms with Crippen molar-refractivity contribution in [1.82, 2.24) is 14.5 Å². The summed E-state index contributed by atoms with van der Waals surface area (Å²) in [5, 5.41) is 0. The number of rotatable bonds is 2. The van der Waals surface area contributed by atoms with Crippen molar-refractivity contribution in [3.05, 3.63) is 41.1 Å². The van der Waals surface area contributed by atoms with Gasteiger partial charge in [0.25, 0.3) is 0 Å². The van der Waals surface area contributed by atoms with Gasteiger partial charge in [0.2, 0.25) is 5.95 Å². The fraction of sp³-hybridized carbons (Fsp3) is 0.0769. The number of nitrogen functional groups attached to an aromatic ring is 1. The Morgan fingerprint density at radius 3 is 2.95 bits per heavy atom. The molecule has 0 spiro atoms. The number of hydrogen-bond acceptors (Lipinski definition) is 4. The van der Waals surface area contributed by atoms with Gasteiger partial charge in [-0.25, -0.2) is 4.98 Å². The molecule has 0 fully saturated rings. The summed E-state index contributed by atoms with van der Waals surface area (Å²) in [5.74, 6) is 1.17.